The first-order chi connectivity index (χ1) is 4.27. The fourth-order valence-corrected chi connectivity index (χ4v) is 1.92. The summed E-state index contributed by atoms with van der Waals surface area (Å²) in [4.78, 5) is 10.1. The van der Waals surface area contributed by atoms with Crippen LogP contribution in [0.15, 0.2) is 0 Å². The highest BCUT2D eigenvalue weighted by atomic mass is 32.2. The average molecular weight is 148 g/mol. The lowest BCUT2D eigenvalue weighted by Gasteiger charge is -2.22. The van der Waals surface area contributed by atoms with E-state index in [0.717, 1.165) is 12.2 Å². The molecule has 9 heavy (non-hydrogen) atoms. The van der Waals surface area contributed by atoms with Gasteiger partial charge in [-0.05, 0) is 18.6 Å². The monoisotopic (exact) mass is 148 g/mol. The van der Waals surface area contributed by atoms with Crippen LogP contribution in [0.1, 0.15) is 12.8 Å². The van der Waals surface area contributed by atoms with Crippen LogP contribution in [0.2, 0.25) is 0 Å². The molecule has 1 rings (SSSR count). The lowest BCUT2D eigenvalue weighted by atomic mass is 10.0. The van der Waals surface area contributed by atoms with Crippen molar-refractivity contribution in [1.82, 2.24) is 0 Å². The van der Waals surface area contributed by atoms with Gasteiger partial charge in [-0.15, -0.1) is 0 Å². The van der Waals surface area contributed by atoms with E-state index >= 15 is 0 Å². The van der Waals surface area contributed by atoms with Crippen LogP contribution >= 0.6 is 11.8 Å². The van der Waals surface area contributed by atoms with E-state index in [1.165, 1.54) is 11.8 Å². The van der Waals surface area contributed by atoms with Gasteiger partial charge < -0.3 is 0 Å². The van der Waals surface area contributed by atoms with Gasteiger partial charge in [0.1, 0.15) is 0 Å². The summed E-state index contributed by atoms with van der Waals surface area (Å²) in [5.41, 5.74) is -1.50. The van der Waals surface area contributed by atoms with Crippen LogP contribution in [-0.4, -0.2) is 23.5 Å². The van der Waals surface area contributed by atoms with Gasteiger partial charge in [0.15, 0.2) is 12.0 Å². The minimum atomic E-state index is -1.50. The first-order valence-corrected chi connectivity index (χ1v) is 4.15. The van der Waals surface area contributed by atoms with Gasteiger partial charge in [0.25, 0.3) is 0 Å². The molecule has 1 aliphatic heterocycles. The standard InChI is InChI=1S/C6H9FOS/c7-6(4-8)2-1-3-9-5-6/h4H,1-3,5H2. The molecule has 0 aromatic heterocycles. The van der Waals surface area contributed by atoms with Crippen LogP contribution in [0.25, 0.3) is 0 Å². The number of alkyl halides is 1. The summed E-state index contributed by atoms with van der Waals surface area (Å²) >= 11 is 1.52. The van der Waals surface area contributed by atoms with Gasteiger partial charge >= 0.3 is 0 Å². The van der Waals surface area contributed by atoms with Gasteiger partial charge in [-0.25, -0.2) is 4.39 Å². The van der Waals surface area contributed by atoms with Crippen molar-refractivity contribution >= 4 is 18.0 Å². The Morgan fingerprint density at radius 3 is 2.78 bits per heavy atom. The molecule has 1 atom stereocenters. The second-order valence-electron chi connectivity index (χ2n) is 2.31. The van der Waals surface area contributed by atoms with Crippen LogP contribution in [-0.2, 0) is 4.79 Å². The summed E-state index contributed by atoms with van der Waals surface area (Å²) in [6.45, 7) is 0. The number of hydrogen-bond acceptors (Lipinski definition) is 2. The zero-order valence-corrected chi connectivity index (χ0v) is 5.92. The predicted molar refractivity (Wildman–Crippen MR) is 36.5 cm³/mol. The van der Waals surface area contributed by atoms with E-state index in [0.29, 0.717) is 18.5 Å². The molecule has 52 valence electrons. The lowest BCUT2D eigenvalue weighted by Crippen LogP contribution is -2.31. The Bertz CT molecular complexity index is 110. The van der Waals surface area contributed by atoms with Crippen molar-refractivity contribution in [3.05, 3.63) is 0 Å². The molecule has 0 amide bonds. The molecule has 0 saturated carbocycles. The Balaban J connectivity index is 2.46. The summed E-state index contributed by atoms with van der Waals surface area (Å²) in [6, 6.07) is 0. The first-order valence-electron chi connectivity index (χ1n) is 3.00. The summed E-state index contributed by atoms with van der Waals surface area (Å²) in [6.07, 6.45) is 1.70. The van der Waals surface area contributed by atoms with E-state index in [-0.39, 0.29) is 0 Å². The highest BCUT2D eigenvalue weighted by molar-refractivity contribution is 7.99. The van der Waals surface area contributed by atoms with E-state index in [2.05, 4.69) is 0 Å². The molecule has 0 bridgehead atoms. The molecular weight excluding hydrogens is 139 g/mol. The van der Waals surface area contributed by atoms with E-state index in [4.69, 9.17) is 0 Å². The minimum Gasteiger partial charge on any atom is -0.300 e. The third-order valence-electron chi connectivity index (χ3n) is 1.43. The van der Waals surface area contributed by atoms with E-state index in [9.17, 15) is 9.18 Å². The smallest absolute Gasteiger partial charge is 0.174 e. The second-order valence-corrected chi connectivity index (χ2v) is 3.41. The maximum absolute atomic E-state index is 12.9. The number of carbonyl (C=O) groups excluding carboxylic acids is 1. The van der Waals surface area contributed by atoms with Gasteiger partial charge in [0.05, 0.1) is 0 Å². The van der Waals surface area contributed by atoms with Crippen molar-refractivity contribution < 1.29 is 9.18 Å². The number of hydrogen-bond donors (Lipinski definition) is 0. The van der Waals surface area contributed by atoms with Gasteiger partial charge in [-0.2, -0.15) is 11.8 Å². The molecule has 1 saturated heterocycles. The molecule has 1 heterocycles. The highest BCUT2D eigenvalue weighted by Crippen LogP contribution is 2.27. The number of halogens is 1. The van der Waals surface area contributed by atoms with Crippen molar-refractivity contribution in [2.45, 2.75) is 18.5 Å². The molecule has 1 unspecified atom stereocenters. The molecule has 3 heteroatoms. The summed E-state index contributed by atoms with van der Waals surface area (Å²) in [5, 5.41) is 0. The topological polar surface area (TPSA) is 17.1 Å². The molecule has 0 spiro atoms. The Hall–Kier alpha value is -0.0500. The van der Waals surface area contributed by atoms with Crippen molar-refractivity contribution in [1.29, 1.82) is 0 Å². The largest absolute Gasteiger partial charge is 0.300 e. The highest BCUT2D eigenvalue weighted by Gasteiger charge is 2.31. The third kappa shape index (κ3) is 1.68. The molecule has 1 fully saturated rings. The Morgan fingerprint density at radius 1 is 1.67 bits per heavy atom. The van der Waals surface area contributed by atoms with Gasteiger partial charge in [-0.1, -0.05) is 0 Å². The number of rotatable bonds is 1. The molecule has 0 aromatic rings. The summed E-state index contributed by atoms with van der Waals surface area (Å²) < 4.78 is 12.9. The zero-order chi connectivity index (χ0) is 6.74. The van der Waals surface area contributed by atoms with E-state index < -0.39 is 5.67 Å². The van der Waals surface area contributed by atoms with Gasteiger partial charge in [0, 0.05) is 5.75 Å². The van der Waals surface area contributed by atoms with Crippen molar-refractivity contribution in [2.75, 3.05) is 11.5 Å². The third-order valence-corrected chi connectivity index (χ3v) is 2.70. The minimum absolute atomic E-state index is 0.358. The zero-order valence-electron chi connectivity index (χ0n) is 5.10. The van der Waals surface area contributed by atoms with Crippen LogP contribution in [0.4, 0.5) is 4.39 Å². The van der Waals surface area contributed by atoms with E-state index in [1.54, 1.807) is 0 Å². The van der Waals surface area contributed by atoms with Crippen molar-refractivity contribution in [3.8, 4) is 0 Å². The van der Waals surface area contributed by atoms with Crippen molar-refractivity contribution in [2.24, 2.45) is 0 Å². The van der Waals surface area contributed by atoms with Crippen molar-refractivity contribution in [3.63, 3.8) is 0 Å². The Kier molecular flexibility index (Phi) is 2.11. The molecule has 0 aromatic carbocycles. The predicted octanol–water partition coefficient (Wildman–Crippen LogP) is 1.42. The fourth-order valence-electron chi connectivity index (χ4n) is 0.875. The molecule has 0 aliphatic carbocycles. The maximum Gasteiger partial charge on any atom is 0.174 e. The average Bonchev–Trinajstić information content (AvgIpc) is 1.90. The maximum atomic E-state index is 12.9. The summed E-state index contributed by atoms with van der Waals surface area (Å²) in [5.74, 6) is 1.36. The Morgan fingerprint density at radius 2 is 2.44 bits per heavy atom. The quantitative estimate of drug-likeness (QED) is 0.523. The first kappa shape index (κ1) is 7.06. The number of carbonyl (C=O) groups is 1. The molecule has 0 radical (unpaired) electrons. The molecular formula is C6H9FOS. The van der Waals surface area contributed by atoms with Crippen LogP contribution in [0, 0.1) is 0 Å². The lowest BCUT2D eigenvalue weighted by molar-refractivity contribution is -0.117. The molecule has 1 aliphatic rings. The van der Waals surface area contributed by atoms with Gasteiger partial charge in [-0.3, -0.25) is 4.79 Å². The number of thioether (sulfide) groups is 1. The fraction of sp³-hybridized carbons (Fsp3) is 0.833. The van der Waals surface area contributed by atoms with Crippen LogP contribution in [0.5, 0.6) is 0 Å². The number of aldehydes is 1. The van der Waals surface area contributed by atoms with Crippen LogP contribution in [0.3, 0.4) is 0 Å². The SMILES string of the molecule is O=CC1(F)CCCSC1. The summed E-state index contributed by atoms with van der Waals surface area (Å²) in [7, 11) is 0. The second kappa shape index (κ2) is 2.69. The van der Waals surface area contributed by atoms with Gasteiger partial charge in [0.2, 0.25) is 0 Å². The van der Waals surface area contributed by atoms with Crippen LogP contribution < -0.4 is 0 Å². The Labute approximate surface area is 58.0 Å². The molecule has 0 N–H and O–H groups in total. The van der Waals surface area contributed by atoms with E-state index in [1.807, 2.05) is 0 Å². The molecule has 1 nitrogen and oxygen atoms in total. The normalized spacial score (nSPS) is 36.1.